The van der Waals surface area contributed by atoms with Gasteiger partial charge in [0.25, 0.3) is 5.91 Å². The molecule has 0 saturated carbocycles. The van der Waals surface area contributed by atoms with Gasteiger partial charge in [-0.1, -0.05) is 13.3 Å². The van der Waals surface area contributed by atoms with Crippen LogP contribution in [0.3, 0.4) is 0 Å². The standard InChI is InChI=1S/C17H23N3O2S/c1-6-7-14-15(11(3)21)10(2)18-16(14)17(22)20(5)8-13-9-23-12(4)19-13/h9,18H,6-8H2,1-5H3. The van der Waals surface area contributed by atoms with Crippen molar-refractivity contribution in [1.29, 1.82) is 0 Å². The number of hydrogen-bond donors (Lipinski definition) is 1. The molecular formula is C17H23N3O2S. The molecule has 0 spiro atoms. The number of carbonyl (C=O) groups excluding carboxylic acids is 2. The van der Waals surface area contributed by atoms with Gasteiger partial charge in [0, 0.05) is 23.7 Å². The fraction of sp³-hybridized carbons (Fsp3) is 0.471. The Kier molecular flexibility index (Phi) is 5.36. The summed E-state index contributed by atoms with van der Waals surface area (Å²) in [6.07, 6.45) is 1.59. The summed E-state index contributed by atoms with van der Waals surface area (Å²) in [5.74, 6) is -0.103. The van der Waals surface area contributed by atoms with Gasteiger partial charge in [-0.05, 0) is 32.8 Å². The molecule has 5 nitrogen and oxygen atoms in total. The number of aryl methyl sites for hydroxylation is 2. The van der Waals surface area contributed by atoms with Crippen LogP contribution in [-0.4, -0.2) is 33.6 Å². The molecule has 0 aliphatic rings. The van der Waals surface area contributed by atoms with E-state index < -0.39 is 0 Å². The minimum atomic E-state index is -0.102. The maximum Gasteiger partial charge on any atom is 0.270 e. The zero-order chi connectivity index (χ0) is 17.1. The van der Waals surface area contributed by atoms with Gasteiger partial charge >= 0.3 is 0 Å². The molecule has 1 amide bonds. The lowest BCUT2D eigenvalue weighted by molar-refractivity contribution is 0.0777. The first-order valence-electron chi connectivity index (χ1n) is 7.74. The number of thiazole rings is 1. The number of carbonyl (C=O) groups is 2. The Hall–Kier alpha value is -1.95. The van der Waals surface area contributed by atoms with Crippen molar-refractivity contribution in [3.8, 4) is 0 Å². The molecule has 6 heteroatoms. The van der Waals surface area contributed by atoms with Crippen LogP contribution in [-0.2, 0) is 13.0 Å². The van der Waals surface area contributed by atoms with Crippen LogP contribution in [0.4, 0.5) is 0 Å². The third-order valence-corrected chi connectivity index (χ3v) is 4.59. The number of Topliss-reactive ketones (excluding diaryl/α,β-unsaturated/α-hetero) is 1. The Morgan fingerprint density at radius 3 is 2.57 bits per heavy atom. The van der Waals surface area contributed by atoms with Crippen molar-refractivity contribution in [2.75, 3.05) is 7.05 Å². The summed E-state index contributed by atoms with van der Waals surface area (Å²) in [5.41, 5.74) is 3.68. The molecule has 0 bridgehead atoms. The number of hydrogen-bond acceptors (Lipinski definition) is 4. The highest BCUT2D eigenvalue weighted by atomic mass is 32.1. The molecular weight excluding hydrogens is 310 g/mol. The highest BCUT2D eigenvalue weighted by Crippen LogP contribution is 2.23. The fourth-order valence-corrected chi connectivity index (χ4v) is 3.43. The number of amides is 1. The molecule has 124 valence electrons. The molecule has 0 fully saturated rings. The van der Waals surface area contributed by atoms with Crippen LogP contribution in [0, 0.1) is 13.8 Å². The van der Waals surface area contributed by atoms with E-state index in [1.165, 1.54) is 0 Å². The van der Waals surface area contributed by atoms with E-state index in [2.05, 4.69) is 9.97 Å². The number of H-pyrrole nitrogens is 1. The average Bonchev–Trinajstić information content (AvgIpc) is 3.02. The SMILES string of the molecule is CCCc1c(C(=O)N(C)Cc2csc(C)n2)[nH]c(C)c1C(C)=O. The number of ketones is 1. The van der Waals surface area contributed by atoms with Crippen molar-refractivity contribution >= 4 is 23.0 Å². The van der Waals surface area contributed by atoms with Crippen LogP contribution in [0.1, 0.15) is 63.1 Å². The summed E-state index contributed by atoms with van der Waals surface area (Å²) in [7, 11) is 1.76. The van der Waals surface area contributed by atoms with Gasteiger partial charge in [0.05, 0.1) is 17.2 Å². The van der Waals surface area contributed by atoms with E-state index in [0.717, 1.165) is 28.4 Å². The van der Waals surface area contributed by atoms with Crippen LogP contribution in [0.2, 0.25) is 0 Å². The average molecular weight is 333 g/mol. The molecule has 2 heterocycles. The van der Waals surface area contributed by atoms with Gasteiger partial charge in [-0.2, -0.15) is 0 Å². The van der Waals surface area contributed by atoms with E-state index in [-0.39, 0.29) is 11.7 Å². The monoisotopic (exact) mass is 333 g/mol. The highest BCUT2D eigenvalue weighted by molar-refractivity contribution is 7.09. The van der Waals surface area contributed by atoms with Gasteiger partial charge in [-0.15, -0.1) is 11.3 Å². The fourth-order valence-electron chi connectivity index (χ4n) is 2.82. The quantitative estimate of drug-likeness (QED) is 0.823. The molecule has 0 radical (unpaired) electrons. The minimum absolute atomic E-state index is 0.000899. The van der Waals surface area contributed by atoms with E-state index in [1.807, 2.05) is 26.2 Å². The lowest BCUT2D eigenvalue weighted by Gasteiger charge is -2.16. The Labute approximate surface area is 140 Å². The largest absolute Gasteiger partial charge is 0.354 e. The van der Waals surface area contributed by atoms with E-state index in [4.69, 9.17) is 0 Å². The summed E-state index contributed by atoms with van der Waals surface area (Å²) in [4.78, 5) is 33.9. The van der Waals surface area contributed by atoms with Gasteiger partial charge < -0.3 is 9.88 Å². The van der Waals surface area contributed by atoms with Crippen molar-refractivity contribution < 1.29 is 9.59 Å². The topological polar surface area (TPSA) is 66.1 Å². The molecule has 0 aliphatic carbocycles. The second kappa shape index (κ2) is 7.08. The van der Waals surface area contributed by atoms with Gasteiger partial charge in [0.2, 0.25) is 0 Å². The van der Waals surface area contributed by atoms with Gasteiger partial charge in [0.1, 0.15) is 5.69 Å². The summed E-state index contributed by atoms with van der Waals surface area (Å²) in [6, 6.07) is 0. The van der Waals surface area contributed by atoms with E-state index in [1.54, 1.807) is 30.2 Å². The Balaban J connectivity index is 2.30. The number of rotatable bonds is 6. The molecule has 0 saturated heterocycles. The summed E-state index contributed by atoms with van der Waals surface area (Å²) < 4.78 is 0. The first kappa shape index (κ1) is 17.4. The van der Waals surface area contributed by atoms with E-state index >= 15 is 0 Å². The number of nitrogens with zero attached hydrogens (tertiary/aromatic N) is 2. The van der Waals surface area contributed by atoms with Crippen molar-refractivity contribution in [3.05, 3.63) is 38.6 Å². The molecule has 0 atom stereocenters. The summed E-state index contributed by atoms with van der Waals surface area (Å²) in [5, 5.41) is 2.95. The zero-order valence-electron chi connectivity index (χ0n) is 14.3. The van der Waals surface area contributed by atoms with Crippen molar-refractivity contribution in [3.63, 3.8) is 0 Å². The summed E-state index contributed by atoms with van der Waals surface area (Å²) in [6.45, 7) is 7.84. The second-order valence-corrected chi connectivity index (χ2v) is 6.87. The van der Waals surface area contributed by atoms with Gasteiger partial charge in [0.15, 0.2) is 5.78 Å². The highest BCUT2D eigenvalue weighted by Gasteiger charge is 2.24. The van der Waals surface area contributed by atoms with Crippen LogP contribution in [0.5, 0.6) is 0 Å². The first-order valence-corrected chi connectivity index (χ1v) is 8.61. The lowest BCUT2D eigenvalue weighted by Crippen LogP contribution is -2.27. The molecule has 2 aromatic heterocycles. The number of aromatic amines is 1. The van der Waals surface area contributed by atoms with Gasteiger partial charge in [-0.25, -0.2) is 4.98 Å². The smallest absolute Gasteiger partial charge is 0.270 e. The Morgan fingerprint density at radius 1 is 1.35 bits per heavy atom. The second-order valence-electron chi connectivity index (χ2n) is 5.80. The van der Waals surface area contributed by atoms with Crippen LogP contribution in [0.15, 0.2) is 5.38 Å². The van der Waals surface area contributed by atoms with Crippen molar-refractivity contribution in [2.45, 2.75) is 47.1 Å². The molecule has 2 rings (SSSR count). The number of aromatic nitrogens is 2. The van der Waals surface area contributed by atoms with E-state index in [9.17, 15) is 9.59 Å². The third kappa shape index (κ3) is 3.69. The first-order chi connectivity index (χ1) is 10.8. The van der Waals surface area contributed by atoms with E-state index in [0.29, 0.717) is 24.2 Å². The number of nitrogens with one attached hydrogen (secondary N) is 1. The van der Waals surface area contributed by atoms with Crippen molar-refractivity contribution in [1.82, 2.24) is 14.9 Å². The van der Waals surface area contributed by atoms with Crippen LogP contribution in [0.25, 0.3) is 0 Å². The minimum Gasteiger partial charge on any atom is -0.354 e. The molecule has 0 aromatic carbocycles. The summed E-state index contributed by atoms with van der Waals surface area (Å²) >= 11 is 1.57. The normalized spacial score (nSPS) is 10.8. The molecule has 0 aliphatic heterocycles. The molecule has 0 unspecified atom stereocenters. The predicted molar refractivity (Wildman–Crippen MR) is 92.2 cm³/mol. The van der Waals surface area contributed by atoms with Crippen LogP contribution < -0.4 is 0 Å². The molecule has 2 aromatic rings. The van der Waals surface area contributed by atoms with Gasteiger partial charge in [-0.3, -0.25) is 9.59 Å². The molecule has 1 N–H and O–H groups in total. The van der Waals surface area contributed by atoms with Crippen LogP contribution >= 0.6 is 11.3 Å². The zero-order valence-corrected chi connectivity index (χ0v) is 15.1. The molecule has 23 heavy (non-hydrogen) atoms. The Morgan fingerprint density at radius 2 is 2.04 bits per heavy atom. The van der Waals surface area contributed by atoms with Crippen molar-refractivity contribution in [2.24, 2.45) is 0 Å². The predicted octanol–water partition coefficient (Wildman–Crippen LogP) is 3.52. The maximum absolute atomic E-state index is 12.8. The third-order valence-electron chi connectivity index (χ3n) is 3.77. The maximum atomic E-state index is 12.8. The lowest BCUT2D eigenvalue weighted by atomic mass is 10.0. The Bertz CT molecular complexity index is 730.